The van der Waals surface area contributed by atoms with Crippen molar-refractivity contribution in [1.82, 2.24) is 10.2 Å². The minimum Gasteiger partial charge on any atom is -0.497 e. The summed E-state index contributed by atoms with van der Waals surface area (Å²) in [5.74, 6) is 0.311. The van der Waals surface area contributed by atoms with Gasteiger partial charge in [0.2, 0.25) is 21.8 Å². The molecule has 1 unspecified atom stereocenters. The molecule has 0 aliphatic carbocycles. The number of hydrogen-bond acceptors (Lipinski definition) is 5. The molecule has 0 aliphatic heterocycles. The molecule has 0 fully saturated rings. The van der Waals surface area contributed by atoms with Crippen LogP contribution in [0.2, 0.25) is 0 Å². The predicted molar refractivity (Wildman–Crippen MR) is 139 cm³/mol. The van der Waals surface area contributed by atoms with Gasteiger partial charge in [-0.25, -0.2) is 8.42 Å². The van der Waals surface area contributed by atoms with Crippen LogP contribution in [0.3, 0.4) is 0 Å². The Hall–Kier alpha value is -3.07. The number of amides is 2. The Morgan fingerprint density at radius 3 is 2.31 bits per heavy atom. The van der Waals surface area contributed by atoms with Crippen molar-refractivity contribution >= 4 is 27.5 Å². The van der Waals surface area contributed by atoms with Crippen LogP contribution in [-0.4, -0.2) is 57.6 Å². The quantitative estimate of drug-likeness (QED) is 0.451. The number of nitrogens with zero attached hydrogens (tertiary/aromatic N) is 2. The molecule has 1 N–H and O–H groups in total. The summed E-state index contributed by atoms with van der Waals surface area (Å²) in [6, 6.07) is 14.0. The van der Waals surface area contributed by atoms with Gasteiger partial charge >= 0.3 is 0 Å². The Balaban J connectivity index is 2.20. The van der Waals surface area contributed by atoms with E-state index in [2.05, 4.69) is 5.32 Å². The number of sulfonamides is 1. The van der Waals surface area contributed by atoms with Gasteiger partial charge in [0.25, 0.3) is 0 Å². The smallest absolute Gasteiger partial charge is 0.242 e. The van der Waals surface area contributed by atoms with Crippen LogP contribution >= 0.6 is 0 Å². The average Bonchev–Trinajstić information content (AvgIpc) is 2.81. The third-order valence-corrected chi connectivity index (χ3v) is 6.88. The molecule has 9 heteroatoms. The van der Waals surface area contributed by atoms with Gasteiger partial charge in [-0.05, 0) is 62.1 Å². The lowest BCUT2D eigenvalue weighted by molar-refractivity contribution is -0.141. The fourth-order valence-electron chi connectivity index (χ4n) is 3.93. The number of likely N-dealkylation sites (N-methyl/N-ethyl adjacent to an activating group) is 1. The molecule has 0 saturated carbocycles. The summed E-state index contributed by atoms with van der Waals surface area (Å²) in [5, 5.41) is 2.82. The zero-order chi connectivity index (χ0) is 26.0. The fraction of sp³-hybridized carbons (Fsp3) is 0.462. The molecule has 2 rings (SSSR count). The van der Waals surface area contributed by atoms with Gasteiger partial charge in [0.05, 0.1) is 19.1 Å². The highest BCUT2D eigenvalue weighted by Gasteiger charge is 2.28. The number of carbonyl (C=O) groups is 2. The van der Waals surface area contributed by atoms with E-state index in [9.17, 15) is 18.0 Å². The molecule has 0 heterocycles. The zero-order valence-corrected chi connectivity index (χ0v) is 22.1. The monoisotopic (exact) mass is 503 g/mol. The van der Waals surface area contributed by atoms with Crippen molar-refractivity contribution in [3.8, 4) is 5.75 Å². The second-order valence-corrected chi connectivity index (χ2v) is 10.4. The average molecular weight is 504 g/mol. The van der Waals surface area contributed by atoms with Crippen LogP contribution in [0, 0.1) is 6.92 Å². The van der Waals surface area contributed by atoms with E-state index in [0.717, 1.165) is 17.4 Å². The lowest BCUT2D eigenvalue weighted by atomic mass is 10.1. The lowest BCUT2D eigenvalue weighted by Gasteiger charge is -2.31. The molecule has 0 saturated heterocycles. The molecule has 2 aromatic carbocycles. The zero-order valence-electron chi connectivity index (χ0n) is 21.3. The topological polar surface area (TPSA) is 96.0 Å². The summed E-state index contributed by atoms with van der Waals surface area (Å²) in [6.45, 7) is 6.52. The Kier molecular flexibility index (Phi) is 10.6. The molecule has 1 atom stereocenters. The first-order chi connectivity index (χ1) is 16.6. The highest BCUT2D eigenvalue weighted by Crippen LogP contribution is 2.21. The number of aryl methyl sites for hydroxylation is 1. The maximum absolute atomic E-state index is 13.4. The summed E-state index contributed by atoms with van der Waals surface area (Å²) in [6.07, 6.45) is 2.07. The van der Waals surface area contributed by atoms with Gasteiger partial charge in [-0.15, -0.1) is 0 Å². The van der Waals surface area contributed by atoms with E-state index in [1.54, 1.807) is 24.1 Å². The number of methoxy groups -OCH3 is 1. The third-order valence-electron chi connectivity index (χ3n) is 5.69. The molecule has 0 aromatic heterocycles. The molecule has 0 aliphatic rings. The van der Waals surface area contributed by atoms with Crippen LogP contribution in [-0.2, 0) is 26.2 Å². The number of nitrogens with one attached hydrogen (secondary N) is 1. The van der Waals surface area contributed by atoms with E-state index in [-0.39, 0.29) is 31.3 Å². The SMILES string of the molecule is CCNC(=O)C(CC)N(Cc1ccc(OC)cc1)C(=O)CCCN(c1cccc(C)c1)S(C)(=O)=O. The van der Waals surface area contributed by atoms with Crippen molar-refractivity contribution in [2.45, 2.75) is 52.6 Å². The largest absolute Gasteiger partial charge is 0.497 e. The first-order valence-corrected chi connectivity index (χ1v) is 13.7. The Bertz CT molecular complexity index is 1090. The van der Waals surface area contributed by atoms with Gasteiger partial charge in [0.15, 0.2) is 0 Å². The van der Waals surface area contributed by atoms with E-state index in [1.807, 2.05) is 57.2 Å². The van der Waals surface area contributed by atoms with Gasteiger partial charge < -0.3 is 15.0 Å². The van der Waals surface area contributed by atoms with Crippen LogP contribution in [0.15, 0.2) is 48.5 Å². The maximum Gasteiger partial charge on any atom is 0.242 e. The highest BCUT2D eigenvalue weighted by molar-refractivity contribution is 7.92. The van der Waals surface area contributed by atoms with E-state index in [1.165, 1.54) is 4.31 Å². The molecule has 0 spiro atoms. The molecular weight excluding hydrogens is 466 g/mol. The molecule has 35 heavy (non-hydrogen) atoms. The van der Waals surface area contributed by atoms with Gasteiger partial charge in [-0.1, -0.05) is 31.2 Å². The third kappa shape index (κ3) is 8.28. The normalized spacial score (nSPS) is 12.0. The predicted octanol–water partition coefficient (Wildman–Crippen LogP) is 3.49. The van der Waals surface area contributed by atoms with Crippen molar-refractivity contribution in [3.05, 3.63) is 59.7 Å². The van der Waals surface area contributed by atoms with Crippen LogP contribution in [0.5, 0.6) is 5.75 Å². The van der Waals surface area contributed by atoms with Crippen molar-refractivity contribution < 1.29 is 22.7 Å². The number of anilines is 1. The molecule has 2 aromatic rings. The molecule has 0 radical (unpaired) electrons. The molecule has 192 valence electrons. The molecule has 8 nitrogen and oxygen atoms in total. The Labute approximate surface area is 209 Å². The number of benzene rings is 2. The number of rotatable bonds is 13. The van der Waals surface area contributed by atoms with Crippen molar-refractivity contribution in [2.24, 2.45) is 0 Å². The van der Waals surface area contributed by atoms with E-state index in [0.29, 0.717) is 30.8 Å². The van der Waals surface area contributed by atoms with Gasteiger partial charge in [0.1, 0.15) is 11.8 Å². The standard InChI is InChI=1S/C26H37N3O5S/c1-6-24(26(31)27-7-2)28(19-21-13-15-23(34-4)16-14-21)25(30)12-9-17-29(35(5,32)33)22-11-8-10-20(3)18-22/h8,10-11,13-16,18,24H,6-7,9,12,17,19H2,1-5H3,(H,27,31). The number of ether oxygens (including phenoxy) is 1. The van der Waals surface area contributed by atoms with Crippen LogP contribution in [0.1, 0.15) is 44.2 Å². The Morgan fingerprint density at radius 2 is 1.77 bits per heavy atom. The first-order valence-electron chi connectivity index (χ1n) is 11.8. The molecule has 0 bridgehead atoms. The van der Waals surface area contributed by atoms with E-state index < -0.39 is 16.1 Å². The molecule has 2 amide bonds. The lowest BCUT2D eigenvalue weighted by Crippen LogP contribution is -2.49. The summed E-state index contributed by atoms with van der Waals surface area (Å²) in [5.41, 5.74) is 2.40. The van der Waals surface area contributed by atoms with Gasteiger partial charge in [0, 0.05) is 26.1 Å². The number of carbonyl (C=O) groups excluding carboxylic acids is 2. The minimum atomic E-state index is -3.52. The second-order valence-electron chi connectivity index (χ2n) is 8.47. The summed E-state index contributed by atoms with van der Waals surface area (Å²) in [4.78, 5) is 27.7. The van der Waals surface area contributed by atoms with E-state index >= 15 is 0 Å². The van der Waals surface area contributed by atoms with Crippen molar-refractivity contribution in [1.29, 1.82) is 0 Å². The number of hydrogen-bond donors (Lipinski definition) is 1. The van der Waals surface area contributed by atoms with Crippen LogP contribution in [0.25, 0.3) is 0 Å². The minimum absolute atomic E-state index is 0.115. The van der Waals surface area contributed by atoms with Gasteiger partial charge in [-0.3, -0.25) is 13.9 Å². The summed E-state index contributed by atoms with van der Waals surface area (Å²) in [7, 11) is -1.93. The summed E-state index contributed by atoms with van der Waals surface area (Å²) >= 11 is 0. The van der Waals surface area contributed by atoms with Crippen LogP contribution < -0.4 is 14.4 Å². The van der Waals surface area contributed by atoms with Crippen molar-refractivity contribution in [3.63, 3.8) is 0 Å². The van der Waals surface area contributed by atoms with Crippen molar-refractivity contribution in [2.75, 3.05) is 30.8 Å². The molecular formula is C26H37N3O5S. The fourth-order valence-corrected chi connectivity index (χ4v) is 4.88. The second kappa shape index (κ2) is 13.1. The van der Waals surface area contributed by atoms with Gasteiger partial charge in [-0.2, -0.15) is 0 Å². The van der Waals surface area contributed by atoms with Crippen LogP contribution in [0.4, 0.5) is 5.69 Å². The van der Waals surface area contributed by atoms with E-state index in [4.69, 9.17) is 4.74 Å². The Morgan fingerprint density at radius 1 is 1.09 bits per heavy atom. The summed E-state index contributed by atoms with van der Waals surface area (Å²) < 4.78 is 31.4. The first kappa shape index (κ1) is 28.2. The highest BCUT2D eigenvalue weighted by atomic mass is 32.2. The maximum atomic E-state index is 13.4.